The fourth-order valence-electron chi connectivity index (χ4n) is 4.36. The van der Waals surface area contributed by atoms with Gasteiger partial charge in [0.05, 0.1) is 5.92 Å². The van der Waals surface area contributed by atoms with Crippen LogP contribution in [-0.2, 0) is 16.0 Å². The van der Waals surface area contributed by atoms with E-state index in [1.165, 1.54) is 0 Å². The number of aliphatic carboxylic acids is 1. The van der Waals surface area contributed by atoms with Crippen LogP contribution in [0.25, 0.3) is 0 Å². The van der Waals surface area contributed by atoms with E-state index >= 15 is 0 Å². The minimum atomic E-state index is -3.35. The minimum Gasteiger partial charge on any atom is -0.506 e. The average molecular weight is 372 g/mol. The maximum absolute atomic E-state index is 12.8. The third-order valence-corrected chi connectivity index (χ3v) is 5.76. The molecule has 0 aromatic heterocycles. The van der Waals surface area contributed by atoms with Gasteiger partial charge in [-0.2, -0.15) is 0 Å². The van der Waals surface area contributed by atoms with Gasteiger partial charge in [-0.3, -0.25) is 9.59 Å². The molecule has 0 bridgehead atoms. The maximum atomic E-state index is 12.8. The highest BCUT2D eigenvalue weighted by Gasteiger charge is 2.66. The van der Waals surface area contributed by atoms with Crippen molar-refractivity contribution in [2.24, 2.45) is 11.8 Å². The van der Waals surface area contributed by atoms with Gasteiger partial charge in [0.2, 0.25) is 0 Å². The molecule has 8 nitrogen and oxygen atoms in total. The summed E-state index contributed by atoms with van der Waals surface area (Å²) >= 11 is 0. The number of Topliss-reactive ketones (excluding diaryl/α,β-unsaturated/α-hetero) is 2. The van der Waals surface area contributed by atoms with Crippen LogP contribution >= 0.6 is 0 Å². The van der Waals surface area contributed by atoms with E-state index in [0.717, 1.165) is 11.6 Å². The Kier molecular flexibility index (Phi) is 3.49. The summed E-state index contributed by atoms with van der Waals surface area (Å²) in [6.07, 6.45) is 1.04. The van der Waals surface area contributed by atoms with Crippen molar-refractivity contribution in [1.29, 1.82) is 0 Å². The van der Waals surface area contributed by atoms with E-state index < -0.39 is 52.7 Å². The number of allylic oxidation sites excluding steroid dienone is 1. The number of hydrogen-bond donors (Lipinski definition) is 5. The second-order valence-corrected chi connectivity index (χ2v) is 7.18. The maximum Gasteiger partial charge on any atom is 0.343 e. The number of ketones is 2. The summed E-state index contributed by atoms with van der Waals surface area (Å²) in [7, 11) is 0. The largest absolute Gasteiger partial charge is 0.506 e. The highest BCUT2D eigenvalue weighted by molar-refractivity contribution is 6.20. The highest BCUT2D eigenvalue weighted by atomic mass is 16.5. The smallest absolute Gasteiger partial charge is 0.343 e. The van der Waals surface area contributed by atoms with Crippen LogP contribution in [0.1, 0.15) is 22.3 Å². The lowest BCUT2D eigenvalue weighted by molar-refractivity contribution is -0.285. The fraction of sp³-hybridized carbons (Fsp3) is 0.316. The average Bonchev–Trinajstić information content (AvgIpc) is 2.60. The van der Waals surface area contributed by atoms with Crippen LogP contribution < -0.4 is 0 Å². The Morgan fingerprint density at radius 2 is 1.78 bits per heavy atom. The Hall–Kier alpha value is -2.81. The van der Waals surface area contributed by atoms with E-state index in [9.17, 15) is 34.8 Å². The van der Waals surface area contributed by atoms with Crippen molar-refractivity contribution in [1.82, 2.24) is 0 Å². The summed E-state index contributed by atoms with van der Waals surface area (Å²) in [5, 5.41) is 50.8. The molecule has 5 N–H and O–H groups in total. The van der Waals surface area contributed by atoms with Crippen LogP contribution in [0, 0.1) is 11.8 Å². The topological polar surface area (TPSA) is 152 Å². The van der Waals surface area contributed by atoms with Gasteiger partial charge in [0, 0.05) is 11.1 Å². The molecule has 0 aliphatic heterocycles. The van der Waals surface area contributed by atoms with Crippen LogP contribution in [0.4, 0.5) is 0 Å². The van der Waals surface area contributed by atoms with Crippen molar-refractivity contribution >= 4 is 17.5 Å². The van der Waals surface area contributed by atoms with Gasteiger partial charge in [0.15, 0.2) is 17.3 Å². The molecular weight excluding hydrogens is 356 g/mol. The molecule has 4 rings (SSSR count). The zero-order chi connectivity index (χ0) is 19.7. The molecule has 0 fully saturated rings. The van der Waals surface area contributed by atoms with E-state index in [1.54, 1.807) is 24.3 Å². The quantitative estimate of drug-likeness (QED) is 0.338. The molecule has 0 heterocycles. The van der Waals surface area contributed by atoms with Gasteiger partial charge < -0.3 is 25.5 Å². The number of carboxylic acids is 1. The molecule has 140 valence electrons. The van der Waals surface area contributed by atoms with E-state index in [4.69, 9.17) is 5.11 Å². The number of carbonyl (C=O) groups excluding carboxylic acids is 2. The van der Waals surface area contributed by atoms with Gasteiger partial charge in [-0.15, -0.1) is 0 Å². The third kappa shape index (κ3) is 2.11. The fourth-order valence-corrected chi connectivity index (χ4v) is 4.36. The Bertz CT molecular complexity index is 970. The first-order valence-corrected chi connectivity index (χ1v) is 8.32. The van der Waals surface area contributed by atoms with Gasteiger partial charge in [-0.1, -0.05) is 30.3 Å². The van der Waals surface area contributed by atoms with E-state index in [2.05, 4.69) is 0 Å². The first-order chi connectivity index (χ1) is 12.6. The van der Waals surface area contributed by atoms with Gasteiger partial charge in [0.25, 0.3) is 5.79 Å². The Balaban J connectivity index is 1.90. The molecule has 3 aliphatic carbocycles. The predicted molar refractivity (Wildman–Crippen MR) is 88.6 cm³/mol. The molecule has 3 aliphatic rings. The Morgan fingerprint density at radius 1 is 1.11 bits per heavy atom. The summed E-state index contributed by atoms with van der Waals surface area (Å²) in [5.74, 6) is -10.5. The van der Waals surface area contributed by atoms with Gasteiger partial charge in [-0.25, -0.2) is 4.79 Å². The lowest BCUT2D eigenvalue weighted by Crippen LogP contribution is -2.67. The van der Waals surface area contributed by atoms with Crippen molar-refractivity contribution in [2.45, 2.75) is 24.2 Å². The standard InChI is InChI=1S/C19H16O8/c20-14-10-4-2-1-3-8(10)5-9-7-18(25)12(6-11(9)14)15(21)13(17(23)24)16(22)19(18,26)27/h1-4,6,9,12,22,25-27H,5,7H2,(H,23,24). The summed E-state index contributed by atoms with van der Waals surface area (Å²) in [4.78, 5) is 36.7. The summed E-state index contributed by atoms with van der Waals surface area (Å²) in [6.45, 7) is 0. The summed E-state index contributed by atoms with van der Waals surface area (Å²) in [6, 6.07) is 6.83. The minimum absolute atomic E-state index is 0.221. The molecule has 0 amide bonds. The summed E-state index contributed by atoms with van der Waals surface area (Å²) < 4.78 is 0. The van der Waals surface area contributed by atoms with Gasteiger partial charge in [-0.05, 0) is 24.3 Å². The SMILES string of the molecule is O=C(O)C1=C(O)C(O)(O)C2(O)CC3Cc4ccccc4C(=O)C3=CC2C1=O. The van der Waals surface area contributed by atoms with Crippen molar-refractivity contribution in [2.75, 3.05) is 0 Å². The highest BCUT2D eigenvalue weighted by Crippen LogP contribution is 2.51. The summed E-state index contributed by atoms with van der Waals surface area (Å²) in [5.41, 5.74) is -2.38. The van der Waals surface area contributed by atoms with Crippen LogP contribution in [0.15, 0.2) is 47.2 Å². The monoisotopic (exact) mass is 372 g/mol. The molecule has 1 aromatic carbocycles. The Labute approximate surface area is 152 Å². The molecule has 0 radical (unpaired) electrons. The Morgan fingerprint density at radius 3 is 2.44 bits per heavy atom. The molecule has 3 atom stereocenters. The van der Waals surface area contributed by atoms with Crippen molar-refractivity contribution in [3.8, 4) is 0 Å². The molecular formula is C19H16O8. The number of hydrogen-bond acceptors (Lipinski definition) is 7. The zero-order valence-electron chi connectivity index (χ0n) is 13.9. The van der Waals surface area contributed by atoms with Crippen molar-refractivity contribution < 1.29 is 39.9 Å². The van der Waals surface area contributed by atoms with E-state index in [0.29, 0.717) is 12.0 Å². The van der Waals surface area contributed by atoms with Gasteiger partial charge >= 0.3 is 5.97 Å². The lowest BCUT2D eigenvalue weighted by Gasteiger charge is -2.50. The second kappa shape index (κ2) is 5.35. The van der Waals surface area contributed by atoms with Crippen molar-refractivity contribution in [3.05, 3.63) is 58.4 Å². The number of aliphatic hydroxyl groups is 4. The van der Waals surface area contributed by atoms with Crippen LogP contribution in [0.2, 0.25) is 0 Å². The number of aliphatic hydroxyl groups excluding tert-OH is 1. The second-order valence-electron chi connectivity index (χ2n) is 7.18. The number of carboxylic acid groups (broad SMARTS) is 1. The molecule has 0 saturated carbocycles. The first kappa shape index (κ1) is 17.6. The van der Waals surface area contributed by atoms with Gasteiger partial charge in [0.1, 0.15) is 11.2 Å². The van der Waals surface area contributed by atoms with Crippen LogP contribution in [0.5, 0.6) is 0 Å². The van der Waals surface area contributed by atoms with E-state index in [-0.39, 0.29) is 11.4 Å². The number of rotatable bonds is 1. The van der Waals surface area contributed by atoms with Crippen LogP contribution in [0.3, 0.4) is 0 Å². The molecule has 3 unspecified atom stereocenters. The number of carbonyl (C=O) groups is 3. The molecule has 1 aromatic rings. The van der Waals surface area contributed by atoms with E-state index in [1.807, 2.05) is 0 Å². The number of benzene rings is 1. The first-order valence-electron chi connectivity index (χ1n) is 8.32. The molecule has 0 saturated heterocycles. The predicted octanol–water partition coefficient (Wildman–Crippen LogP) is -0.121. The molecule has 8 heteroatoms. The van der Waals surface area contributed by atoms with Crippen LogP contribution in [-0.4, -0.2) is 54.5 Å². The lowest BCUT2D eigenvalue weighted by atomic mass is 9.59. The zero-order valence-corrected chi connectivity index (χ0v) is 13.9. The third-order valence-electron chi connectivity index (χ3n) is 5.76. The molecule has 27 heavy (non-hydrogen) atoms. The normalized spacial score (nSPS) is 31.6. The van der Waals surface area contributed by atoms with Crippen molar-refractivity contribution in [3.63, 3.8) is 0 Å². The number of fused-ring (bicyclic) bond motifs is 3. The molecule has 0 spiro atoms.